The van der Waals surface area contributed by atoms with Gasteiger partial charge in [-0.25, -0.2) is 9.59 Å². The van der Waals surface area contributed by atoms with Crippen molar-refractivity contribution in [3.8, 4) is 0 Å². The van der Waals surface area contributed by atoms with Crippen LogP contribution in [0, 0.1) is 10.1 Å². The highest BCUT2D eigenvalue weighted by Gasteiger charge is 2.17. The maximum absolute atomic E-state index is 11.4. The Morgan fingerprint density at radius 3 is 2.24 bits per heavy atom. The molecule has 0 spiro atoms. The number of ether oxygens (including phenoxy) is 2. The van der Waals surface area contributed by atoms with Gasteiger partial charge in [-0.05, 0) is 26.0 Å². The third kappa shape index (κ3) is 4.97. The van der Waals surface area contributed by atoms with Gasteiger partial charge >= 0.3 is 12.2 Å². The quantitative estimate of drug-likeness (QED) is 0.637. The van der Waals surface area contributed by atoms with Gasteiger partial charge in [0.15, 0.2) is 0 Å². The predicted molar refractivity (Wildman–Crippen MR) is 74.4 cm³/mol. The molecule has 2 amide bonds. The highest BCUT2D eigenvalue weighted by Crippen LogP contribution is 2.28. The van der Waals surface area contributed by atoms with Crippen LogP contribution in [0.5, 0.6) is 0 Å². The van der Waals surface area contributed by atoms with Crippen molar-refractivity contribution in [3.05, 3.63) is 28.3 Å². The largest absolute Gasteiger partial charge is 0.450 e. The smallest absolute Gasteiger partial charge is 0.411 e. The van der Waals surface area contributed by atoms with E-state index in [-0.39, 0.29) is 30.3 Å². The molecule has 2 N–H and O–H groups in total. The first kappa shape index (κ1) is 16.2. The second-order valence-electron chi connectivity index (χ2n) is 3.68. The maximum Gasteiger partial charge on any atom is 0.411 e. The number of amides is 2. The first-order chi connectivity index (χ1) is 9.97. The van der Waals surface area contributed by atoms with Gasteiger partial charge in [-0.2, -0.15) is 0 Å². The number of anilines is 2. The zero-order valence-corrected chi connectivity index (χ0v) is 11.5. The highest BCUT2D eigenvalue weighted by molar-refractivity contribution is 5.91. The Hall–Kier alpha value is -2.84. The van der Waals surface area contributed by atoms with E-state index in [2.05, 4.69) is 20.1 Å². The Kier molecular flexibility index (Phi) is 5.93. The molecule has 9 nitrogen and oxygen atoms in total. The molecule has 0 heterocycles. The van der Waals surface area contributed by atoms with Gasteiger partial charge in [0.05, 0.1) is 18.1 Å². The Bertz CT molecular complexity index is 546. The summed E-state index contributed by atoms with van der Waals surface area (Å²) in [7, 11) is 0. The van der Waals surface area contributed by atoms with E-state index in [0.717, 1.165) is 6.07 Å². The predicted octanol–water partition coefficient (Wildman–Crippen LogP) is 2.73. The van der Waals surface area contributed by atoms with Gasteiger partial charge in [0.1, 0.15) is 5.69 Å². The number of rotatable bonds is 5. The zero-order chi connectivity index (χ0) is 15.8. The molecule has 0 aliphatic rings. The third-order valence-electron chi connectivity index (χ3n) is 2.23. The molecule has 0 aliphatic carbocycles. The summed E-state index contributed by atoms with van der Waals surface area (Å²) in [6, 6.07) is 3.72. The minimum Gasteiger partial charge on any atom is -0.450 e. The van der Waals surface area contributed by atoms with Crippen LogP contribution in [0.3, 0.4) is 0 Å². The van der Waals surface area contributed by atoms with E-state index in [1.54, 1.807) is 13.8 Å². The fourth-order valence-electron chi connectivity index (χ4n) is 1.44. The lowest BCUT2D eigenvalue weighted by Crippen LogP contribution is -2.16. The average molecular weight is 297 g/mol. The number of nitro benzene ring substituents is 1. The van der Waals surface area contributed by atoms with Crippen LogP contribution in [0.2, 0.25) is 0 Å². The number of nitrogens with zero attached hydrogens (tertiary/aromatic N) is 1. The first-order valence-corrected chi connectivity index (χ1v) is 6.13. The molecule has 0 aromatic heterocycles. The van der Waals surface area contributed by atoms with Gasteiger partial charge in [-0.1, -0.05) is 0 Å². The Morgan fingerprint density at radius 1 is 1.14 bits per heavy atom. The maximum atomic E-state index is 11.4. The normalized spacial score (nSPS) is 9.62. The SMILES string of the molecule is CCOC(=O)Nc1ccc([N+](=O)[O-])c(NC(=O)OCC)c1. The van der Waals surface area contributed by atoms with Crippen LogP contribution in [0.4, 0.5) is 26.7 Å². The van der Waals surface area contributed by atoms with Crippen molar-refractivity contribution in [1.29, 1.82) is 0 Å². The third-order valence-corrected chi connectivity index (χ3v) is 2.23. The molecule has 1 rings (SSSR count). The van der Waals surface area contributed by atoms with E-state index in [1.807, 2.05) is 0 Å². The fourth-order valence-corrected chi connectivity index (χ4v) is 1.44. The molecule has 114 valence electrons. The summed E-state index contributed by atoms with van der Waals surface area (Å²) in [5, 5.41) is 15.5. The minimum atomic E-state index is -0.825. The molecule has 1 aromatic carbocycles. The average Bonchev–Trinajstić information content (AvgIpc) is 2.38. The molecule has 0 unspecified atom stereocenters. The number of carbonyl (C=O) groups excluding carboxylic acids is 2. The highest BCUT2D eigenvalue weighted by atomic mass is 16.6. The fraction of sp³-hybridized carbons (Fsp3) is 0.333. The Labute approximate surface area is 120 Å². The molecule has 0 aliphatic heterocycles. The number of carbonyl (C=O) groups is 2. The summed E-state index contributed by atoms with van der Waals surface area (Å²) in [6.07, 6.45) is -1.53. The number of benzene rings is 1. The van der Waals surface area contributed by atoms with Crippen molar-refractivity contribution in [1.82, 2.24) is 0 Å². The van der Waals surface area contributed by atoms with Crippen molar-refractivity contribution in [2.24, 2.45) is 0 Å². The van der Waals surface area contributed by atoms with Gasteiger partial charge in [-0.3, -0.25) is 20.7 Å². The molecule has 0 saturated heterocycles. The van der Waals surface area contributed by atoms with E-state index in [1.165, 1.54) is 12.1 Å². The standard InChI is InChI=1S/C12H15N3O6/c1-3-20-11(16)13-8-5-6-10(15(18)19)9(7-8)14-12(17)21-4-2/h5-7H,3-4H2,1-2H3,(H,13,16)(H,14,17). The molecule has 0 bridgehead atoms. The van der Waals surface area contributed by atoms with Crippen LogP contribution in [-0.2, 0) is 9.47 Å². The molecule has 21 heavy (non-hydrogen) atoms. The van der Waals surface area contributed by atoms with Crippen molar-refractivity contribution < 1.29 is 24.0 Å². The lowest BCUT2D eigenvalue weighted by Gasteiger charge is -2.09. The molecule has 9 heteroatoms. The van der Waals surface area contributed by atoms with E-state index in [9.17, 15) is 19.7 Å². The summed E-state index contributed by atoms with van der Waals surface area (Å²) in [6.45, 7) is 3.56. The summed E-state index contributed by atoms with van der Waals surface area (Å²) in [5.41, 5.74) is -0.170. The second kappa shape index (κ2) is 7.68. The van der Waals surface area contributed by atoms with Crippen molar-refractivity contribution in [2.45, 2.75) is 13.8 Å². The van der Waals surface area contributed by atoms with Gasteiger partial charge in [-0.15, -0.1) is 0 Å². The second-order valence-corrected chi connectivity index (χ2v) is 3.68. The number of hydrogen-bond donors (Lipinski definition) is 2. The van der Waals surface area contributed by atoms with Crippen molar-refractivity contribution in [2.75, 3.05) is 23.8 Å². The van der Waals surface area contributed by atoms with E-state index in [4.69, 9.17) is 0 Å². The van der Waals surface area contributed by atoms with Gasteiger partial charge in [0, 0.05) is 11.8 Å². The molecule has 0 saturated carbocycles. The van der Waals surface area contributed by atoms with Gasteiger partial charge < -0.3 is 9.47 Å². The lowest BCUT2D eigenvalue weighted by atomic mass is 10.2. The molecule has 0 fully saturated rings. The van der Waals surface area contributed by atoms with Crippen LogP contribution in [0.15, 0.2) is 18.2 Å². The van der Waals surface area contributed by atoms with E-state index >= 15 is 0 Å². The monoisotopic (exact) mass is 297 g/mol. The lowest BCUT2D eigenvalue weighted by molar-refractivity contribution is -0.383. The zero-order valence-electron chi connectivity index (χ0n) is 11.5. The van der Waals surface area contributed by atoms with Crippen molar-refractivity contribution in [3.63, 3.8) is 0 Å². The molecule has 0 radical (unpaired) electrons. The summed E-state index contributed by atoms with van der Waals surface area (Å²) in [5.74, 6) is 0. The molecular weight excluding hydrogens is 282 g/mol. The van der Waals surface area contributed by atoms with Crippen LogP contribution < -0.4 is 10.6 Å². The van der Waals surface area contributed by atoms with Gasteiger partial charge in [0.25, 0.3) is 5.69 Å². The minimum absolute atomic E-state index is 0.0900. The van der Waals surface area contributed by atoms with Crippen LogP contribution >= 0.6 is 0 Å². The number of nitrogens with one attached hydrogen (secondary N) is 2. The molecule has 0 atom stereocenters. The Morgan fingerprint density at radius 2 is 1.71 bits per heavy atom. The number of nitro groups is 1. The molecular formula is C12H15N3O6. The van der Waals surface area contributed by atoms with Crippen LogP contribution in [-0.4, -0.2) is 30.3 Å². The topological polar surface area (TPSA) is 120 Å². The number of hydrogen-bond acceptors (Lipinski definition) is 6. The van der Waals surface area contributed by atoms with Crippen molar-refractivity contribution >= 4 is 29.2 Å². The van der Waals surface area contributed by atoms with Crippen LogP contribution in [0.25, 0.3) is 0 Å². The summed E-state index contributed by atoms with van der Waals surface area (Å²) in [4.78, 5) is 32.9. The first-order valence-electron chi connectivity index (χ1n) is 6.13. The molecule has 1 aromatic rings. The Balaban J connectivity index is 2.97. The van der Waals surface area contributed by atoms with Gasteiger partial charge in [0.2, 0.25) is 0 Å². The summed E-state index contributed by atoms with van der Waals surface area (Å²) < 4.78 is 9.34. The van der Waals surface area contributed by atoms with E-state index < -0.39 is 17.1 Å². The summed E-state index contributed by atoms with van der Waals surface area (Å²) >= 11 is 0. The van der Waals surface area contributed by atoms with Crippen LogP contribution in [0.1, 0.15) is 13.8 Å². The van der Waals surface area contributed by atoms with E-state index in [0.29, 0.717) is 0 Å².